The van der Waals surface area contributed by atoms with Gasteiger partial charge in [0.1, 0.15) is 0 Å². The molecule has 0 unspecified atom stereocenters. The number of rotatable bonds is 6. The summed E-state index contributed by atoms with van der Waals surface area (Å²) >= 11 is 0. The molecule has 1 heterocycles. The van der Waals surface area contributed by atoms with Crippen molar-refractivity contribution in [2.45, 2.75) is 31.1 Å². The van der Waals surface area contributed by atoms with Crippen LogP contribution >= 0.6 is 0 Å². The third kappa shape index (κ3) is 4.53. The Kier molecular flexibility index (Phi) is 5.93. The molecule has 1 amide bonds. The van der Waals surface area contributed by atoms with Crippen molar-refractivity contribution in [3.63, 3.8) is 0 Å². The summed E-state index contributed by atoms with van der Waals surface area (Å²) in [7, 11) is -3.46. The Hall–Kier alpha value is -1.44. The van der Waals surface area contributed by atoms with Crippen LogP contribution in [0.1, 0.15) is 26.2 Å². The monoisotopic (exact) mass is 325 g/mol. The minimum absolute atomic E-state index is 0.00113. The number of benzene rings is 1. The molecule has 0 radical (unpaired) electrons. The molecule has 3 N–H and O–H groups in total. The summed E-state index contributed by atoms with van der Waals surface area (Å²) in [6, 6.07) is 6.27. The summed E-state index contributed by atoms with van der Waals surface area (Å²) in [6.45, 7) is 4.04. The fourth-order valence-corrected chi connectivity index (χ4v) is 3.50. The van der Waals surface area contributed by atoms with E-state index in [1.165, 1.54) is 12.1 Å². The van der Waals surface area contributed by atoms with E-state index in [9.17, 15) is 13.2 Å². The SMILES string of the molecule is CCCNS(=O)(=O)c1ccc(NC(=O)C2CCNCC2)cc1. The van der Waals surface area contributed by atoms with E-state index in [0.29, 0.717) is 12.2 Å². The number of carbonyl (C=O) groups is 1. The minimum atomic E-state index is -3.46. The highest BCUT2D eigenvalue weighted by molar-refractivity contribution is 7.89. The van der Waals surface area contributed by atoms with Crippen molar-refractivity contribution in [3.05, 3.63) is 24.3 Å². The van der Waals surface area contributed by atoms with Gasteiger partial charge in [0.2, 0.25) is 15.9 Å². The Morgan fingerprint density at radius 1 is 1.23 bits per heavy atom. The predicted molar refractivity (Wildman–Crippen MR) is 86.1 cm³/mol. The zero-order valence-corrected chi connectivity index (χ0v) is 13.6. The van der Waals surface area contributed by atoms with E-state index in [4.69, 9.17) is 0 Å². The van der Waals surface area contributed by atoms with E-state index in [-0.39, 0.29) is 16.7 Å². The third-order valence-electron chi connectivity index (χ3n) is 3.68. The third-order valence-corrected chi connectivity index (χ3v) is 5.16. The molecule has 1 fully saturated rings. The summed E-state index contributed by atoms with van der Waals surface area (Å²) in [5.41, 5.74) is 0.623. The molecule has 22 heavy (non-hydrogen) atoms. The molecule has 1 aliphatic rings. The number of carbonyl (C=O) groups excluding carboxylic acids is 1. The lowest BCUT2D eigenvalue weighted by Crippen LogP contribution is -2.34. The first-order chi connectivity index (χ1) is 10.5. The topological polar surface area (TPSA) is 87.3 Å². The van der Waals surface area contributed by atoms with E-state index in [2.05, 4.69) is 15.4 Å². The van der Waals surface area contributed by atoms with Crippen LogP contribution in [0.3, 0.4) is 0 Å². The van der Waals surface area contributed by atoms with Crippen molar-refractivity contribution in [1.29, 1.82) is 0 Å². The van der Waals surface area contributed by atoms with Gasteiger partial charge in [-0.15, -0.1) is 0 Å². The van der Waals surface area contributed by atoms with Crippen LogP contribution in [-0.4, -0.2) is 34.0 Å². The Morgan fingerprint density at radius 3 is 2.45 bits per heavy atom. The van der Waals surface area contributed by atoms with Crippen LogP contribution in [0.25, 0.3) is 0 Å². The highest BCUT2D eigenvalue weighted by Gasteiger charge is 2.21. The normalized spacial score (nSPS) is 16.4. The summed E-state index contributed by atoms with van der Waals surface area (Å²) in [5.74, 6) is 0.0251. The van der Waals surface area contributed by atoms with Crippen molar-refractivity contribution < 1.29 is 13.2 Å². The van der Waals surface area contributed by atoms with Gasteiger partial charge in [0.15, 0.2) is 0 Å². The molecule has 1 aromatic carbocycles. The minimum Gasteiger partial charge on any atom is -0.326 e. The molecular weight excluding hydrogens is 302 g/mol. The number of piperidine rings is 1. The molecule has 0 atom stereocenters. The molecule has 0 spiro atoms. The molecule has 1 saturated heterocycles. The largest absolute Gasteiger partial charge is 0.326 e. The van der Waals surface area contributed by atoms with Gasteiger partial charge in [-0.1, -0.05) is 6.92 Å². The number of hydrogen-bond acceptors (Lipinski definition) is 4. The van der Waals surface area contributed by atoms with Gasteiger partial charge in [-0.2, -0.15) is 0 Å². The summed E-state index contributed by atoms with van der Waals surface area (Å²) in [4.78, 5) is 12.3. The van der Waals surface area contributed by atoms with Gasteiger partial charge in [-0.25, -0.2) is 13.1 Å². The van der Waals surface area contributed by atoms with E-state index in [0.717, 1.165) is 32.4 Å². The predicted octanol–water partition coefficient (Wildman–Crippen LogP) is 1.31. The lowest BCUT2D eigenvalue weighted by Gasteiger charge is -2.21. The quantitative estimate of drug-likeness (QED) is 0.736. The zero-order valence-electron chi connectivity index (χ0n) is 12.8. The smallest absolute Gasteiger partial charge is 0.240 e. The maximum absolute atomic E-state index is 12.1. The fraction of sp³-hybridized carbons (Fsp3) is 0.533. The second kappa shape index (κ2) is 7.71. The van der Waals surface area contributed by atoms with Crippen LogP contribution in [0.15, 0.2) is 29.2 Å². The van der Waals surface area contributed by atoms with Crippen LogP contribution in [0.4, 0.5) is 5.69 Å². The summed E-state index contributed by atoms with van der Waals surface area (Å²) in [6.07, 6.45) is 2.40. The standard InChI is InChI=1S/C15H23N3O3S/c1-2-9-17-22(20,21)14-5-3-13(4-6-14)18-15(19)12-7-10-16-11-8-12/h3-6,12,16-17H,2,7-11H2,1H3,(H,18,19). The number of amides is 1. The van der Waals surface area contributed by atoms with E-state index in [1.54, 1.807) is 12.1 Å². The van der Waals surface area contributed by atoms with Gasteiger partial charge < -0.3 is 10.6 Å². The number of anilines is 1. The first kappa shape index (κ1) is 16.9. The molecule has 7 heteroatoms. The summed E-state index contributed by atoms with van der Waals surface area (Å²) in [5, 5.41) is 6.07. The van der Waals surface area contributed by atoms with Crippen molar-refractivity contribution in [3.8, 4) is 0 Å². The average Bonchev–Trinajstić information content (AvgIpc) is 2.54. The van der Waals surface area contributed by atoms with Crippen LogP contribution in [0.5, 0.6) is 0 Å². The molecule has 0 bridgehead atoms. The Morgan fingerprint density at radius 2 is 1.86 bits per heavy atom. The van der Waals surface area contributed by atoms with Crippen LogP contribution in [-0.2, 0) is 14.8 Å². The highest BCUT2D eigenvalue weighted by atomic mass is 32.2. The van der Waals surface area contributed by atoms with Crippen molar-refractivity contribution >= 4 is 21.6 Å². The van der Waals surface area contributed by atoms with Crippen LogP contribution in [0.2, 0.25) is 0 Å². The number of nitrogens with one attached hydrogen (secondary N) is 3. The Balaban J connectivity index is 1.98. The van der Waals surface area contributed by atoms with Gasteiger partial charge in [0.25, 0.3) is 0 Å². The molecule has 1 aliphatic heterocycles. The average molecular weight is 325 g/mol. The molecule has 6 nitrogen and oxygen atoms in total. The van der Waals surface area contributed by atoms with Gasteiger partial charge in [-0.3, -0.25) is 4.79 Å². The molecule has 0 aliphatic carbocycles. The van der Waals surface area contributed by atoms with Gasteiger partial charge in [0.05, 0.1) is 4.90 Å². The maximum Gasteiger partial charge on any atom is 0.240 e. The van der Waals surface area contributed by atoms with E-state index >= 15 is 0 Å². The molecule has 2 rings (SSSR count). The van der Waals surface area contributed by atoms with E-state index in [1.807, 2.05) is 6.92 Å². The Bertz CT molecular complexity index is 593. The lowest BCUT2D eigenvalue weighted by atomic mass is 9.97. The molecular formula is C15H23N3O3S. The summed E-state index contributed by atoms with van der Waals surface area (Å²) < 4.78 is 26.4. The van der Waals surface area contributed by atoms with Crippen molar-refractivity contribution in [2.24, 2.45) is 5.92 Å². The lowest BCUT2D eigenvalue weighted by molar-refractivity contribution is -0.120. The maximum atomic E-state index is 12.1. The highest BCUT2D eigenvalue weighted by Crippen LogP contribution is 2.17. The van der Waals surface area contributed by atoms with E-state index < -0.39 is 10.0 Å². The fourth-order valence-electron chi connectivity index (χ4n) is 2.37. The van der Waals surface area contributed by atoms with Crippen LogP contribution < -0.4 is 15.4 Å². The number of sulfonamides is 1. The molecule has 1 aromatic rings. The van der Waals surface area contributed by atoms with Gasteiger partial charge in [0, 0.05) is 18.2 Å². The van der Waals surface area contributed by atoms with Crippen LogP contribution in [0, 0.1) is 5.92 Å². The van der Waals surface area contributed by atoms with Gasteiger partial charge in [-0.05, 0) is 56.6 Å². The second-order valence-corrected chi connectivity index (χ2v) is 7.20. The first-order valence-electron chi connectivity index (χ1n) is 7.64. The molecule has 0 saturated carbocycles. The van der Waals surface area contributed by atoms with Gasteiger partial charge >= 0.3 is 0 Å². The van der Waals surface area contributed by atoms with Crippen molar-refractivity contribution in [2.75, 3.05) is 25.0 Å². The Labute approximate surface area is 131 Å². The molecule has 0 aromatic heterocycles. The molecule has 122 valence electrons. The van der Waals surface area contributed by atoms with Crippen molar-refractivity contribution in [1.82, 2.24) is 10.0 Å². The second-order valence-electron chi connectivity index (χ2n) is 5.44. The first-order valence-corrected chi connectivity index (χ1v) is 9.12. The number of hydrogen-bond donors (Lipinski definition) is 3. The zero-order chi connectivity index (χ0) is 16.0.